The third-order valence-corrected chi connectivity index (χ3v) is 2.49. The van der Waals surface area contributed by atoms with Gasteiger partial charge in [-0.2, -0.15) is 0 Å². The maximum Gasteiger partial charge on any atom is 0.276 e. The molecule has 6 heteroatoms. The number of ether oxygens (including phenoxy) is 1. The molecule has 0 fully saturated rings. The Hall–Kier alpha value is -2.63. The van der Waals surface area contributed by atoms with E-state index in [0.29, 0.717) is 11.4 Å². The van der Waals surface area contributed by atoms with Crippen molar-refractivity contribution < 1.29 is 14.1 Å². The summed E-state index contributed by atoms with van der Waals surface area (Å²) >= 11 is 0. The van der Waals surface area contributed by atoms with E-state index in [1.807, 2.05) is 0 Å². The van der Waals surface area contributed by atoms with E-state index in [1.165, 1.54) is 0 Å². The number of nitrogen functional groups attached to an aromatic ring is 1. The Bertz CT molecular complexity index is 617. The van der Waals surface area contributed by atoms with Gasteiger partial charge in [0.2, 0.25) is 0 Å². The summed E-state index contributed by atoms with van der Waals surface area (Å²) in [4.78, 5) is 10.2. The lowest BCUT2D eigenvalue weighted by Gasteiger charge is -2.07. The summed E-state index contributed by atoms with van der Waals surface area (Å²) in [5, 5.41) is 10.8. The molecule has 0 saturated carbocycles. The molecule has 0 bridgehead atoms. The Balaban J connectivity index is 2.19. The molecule has 0 amide bonds. The van der Waals surface area contributed by atoms with Crippen molar-refractivity contribution in [2.75, 3.05) is 5.73 Å². The van der Waals surface area contributed by atoms with Crippen LogP contribution in [0.2, 0.25) is 0 Å². The molecule has 2 N–H and O–H groups in total. The van der Waals surface area contributed by atoms with Crippen LogP contribution in [0.1, 0.15) is 5.56 Å². The summed E-state index contributed by atoms with van der Waals surface area (Å²) in [5.41, 5.74) is 6.10. The minimum absolute atomic E-state index is 0.0997. The lowest BCUT2D eigenvalue weighted by molar-refractivity contribution is -0.385. The minimum atomic E-state index is -0.572. The van der Waals surface area contributed by atoms with Crippen molar-refractivity contribution in [2.24, 2.45) is 0 Å². The first kappa shape index (κ1) is 12.8. The zero-order valence-corrected chi connectivity index (χ0v) is 9.88. The molecule has 98 valence electrons. The molecular weight excluding hydrogens is 251 g/mol. The number of nitro groups is 1. The largest absolute Gasteiger partial charge is 0.489 e. The summed E-state index contributed by atoms with van der Waals surface area (Å²) in [6, 6.07) is 9.90. The first-order chi connectivity index (χ1) is 9.06. The number of nitrogens with zero attached hydrogens (tertiary/aromatic N) is 1. The number of nitro benzene ring substituents is 1. The molecule has 2 rings (SSSR count). The lowest BCUT2D eigenvalue weighted by Crippen LogP contribution is -2.01. The molecule has 19 heavy (non-hydrogen) atoms. The van der Waals surface area contributed by atoms with Crippen LogP contribution >= 0.6 is 0 Å². The van der Waals surface area contributed by atoms with Gasteiger partial charge in [0.05, 0.1) is 10.5 Å². The van der Waals surface area contributed by atoms with E-state index in [9.17, 15) is 14.5 Å². The van der Waals surface area contributed by atoms with Gasteiger partial charge in [-0.1, -0.05) is 6.07 Å². The molecule has 0 saturated heterocycles. The first-order valence-corrected chi connectivity index (χ1v) is 5.47. The van der Waals surface area contributed by atoms with Crippen LogP contribution in [-0.4, -0.2) is 4.92 Å². The van der Waals surface area contributed by atoms with E-state index in [2.05, 4.69) is 0 Å². The Morgan fingerprint density at radius 2 is 2.05 bits per heavy atom. The monoisotopic (exact) mass is 262 g/mol. The van der Waals surface area contributed by atoms with Crippen LogP contribution in [0.15, 0.2) is 42.5 Å². The third-order valence-electron chi connectivity index (χ3n) is 2.49. The second-order valence-corrected chi connectivity index (χ2v) is 3.89. The SMILES string of the molecule is Nc1cccc(OCc2cc(F)ccc2[N+](=O)[O-])c1. The minimum Gasteiger partial charge on any atom is -0.489 e. The van der Waals surface area contributed by atoms with E-state index in [4.69, 9.17) is 10.5 Å². The average Bonchev–Trinajstić information content (AvgIpc) is 2.36. The summed E-state index contributed by atoms with van der Waals surface area (Å²) in [6.45, 7) is -0.0997. The van der Waals surface area contributed by atoms with Crippen molar-refractivity contribution >= 4 is 11.4 Å². The van der Waals surface area contributed by atoms with E-state index in [1.54, 1.807) is 24.3 Å². The molecule has 2 aromatic carbocycles. The Morgan fingerprint density at radius 1 is 1.26 bits per heavy atom. The molecule has 0 heterocycles. The highest BCUT2D eigenvalue weighted by Crippen LogP contribution is 2.22. The van der Waals surface area contributed by atoms with Gasteiger partial charge in [0, 0.05) is 17.8 Å². The summed E-state index contributed by atoms with van der Waals surface area (Å²) in [6.07, 6.45) is 0. The molecule has 0 aliphatic heterocycles. The summed E-state index contributed by atoms with van der Waals surface area (Å²) in [5.74, 6) is -0.0738. The van der Waals surface area contributed by atoms with Crippen molar-refractivity contribution in [3.63, 3.8) is 0 Å². The quantitative estimate of drug-likeness (QED) is 0.522. The van der Waals surface area contributed by atoms with Gasteiger partial charge < -0.3 is 10.5 Å². The first-order valence-electron chi connectivity index (χ1n) is 5.47. The van der Waals surface area contributed by atoms with Gasteiger partial charge in [0.1, 0.15) is 18.2 Å². The van der Waals surface area contributed by atoms with E-state index in [-0.39, 0.29) is 17.9 Å². The third kappa shape index (κ3) is 3.19. The van der Waals surface area contributed by atoms with Gasteiger partial charge in [-0.25, -0.2) is 4.39 Å². The molecule has 0 aliphatic carbocycles. The van der Waals surface area contributed by atoms with Gasteiger partial charge in [-0.3, -0.25) is 10.1 Å². The molecule has 0 atom stereocenters. The van der Waals surface area contributed by atoms with Gasteiger partial charge in [-0.05, 0) is 24.3 Å². The van der Waals surface area contributed by atoms with Crippen LogP contribution in [0.3, 0.4) is 0 Å². The standard InChI is InChI=1S/C13H11FN2O3/c14-10-4-5-13(16(17)18)9(6-10)8-19-12-3-1-2-11(15)7-12/h1-7H,8,15H2. The smallest absolute Gasteiger partial charge is 0.276 e. The van der Waals surface area contributed by atoms with Crippen LogP contribution in [0, 0.1) is 15.9 Å². The number of nitrogens with two attached hydrogens (primary N) is 1. The summed E-state index contributed by atoms with van der Waals surface area (Å²) in [7, 11) is 0. The van der Waals surface area contributed by atoms with Gasteiger partial charge in [-0.15, -0.1) is 0 Å². The Labute approximate surface area is 108 Å². The van der Waals surface area contributed by atoms with E-state index < -0.39 is 10.7 Å². The zero-order valence-electron chi connectivity index (χ0n) is 9.88. The molecule has 5 nitrogen and oxygen atoms in total. The van der Waals surface area contributed by atoms with Crippen LogP contribution in [0.5, 0.6) is 5.75 Å². The van der Waals surface area contributed by atoms with E-state index in [0.717, 1.165) is 18.2 Å². The fourth-order valence-electron chi connectivity index (χ4n) is 1.61. The predicted molar refractivity (Wildman–Crippen MR) is 68.2 cm³/mol. The highest BCUT2D eigenvalue weighted by atomic mass is 19.1. The molecular formula is C13H11FN2O3. The Morgan fingerprint density at radius 3 is 2.74 bits per heavy atom. The molecule has 0 aromatic heterocycles. The van der Waals surface area contributed by atoms with Crippen molar-refractivity contribution in [3.05, 3.63) is 64.0 Å². The van der Waals surface area contributed by atoms with Crippen LogP contribution in [0.25, 0.3) is 0 Å². The number of anilines is 1. The second kappa shape index (κ2) is 5.34. The van der Waals surface area contributed by atoms with E-state index >= 15 is 0 Å². The van der Waals surface area contributed by atoms with Crippen molar-refractivity contribution in [1.29, 1.82) is 0 Å². The zero-order chi connectivity index (χ0) is 13.8. The molecule has 0 radical (unpaired) electrons. The number of benzene rings is 2. The number of hydrogen-bond acceptors (Lipinski definition) is 4. The van der Waals surface area contributed by atoms with Gasteiger partial charge in [0.15, 0.2) is 0 Å². The number of halogens is 1. The lowest BCUT2D eigenvalue weighted by atomic mass is 10.2. The summed E-state index contributed by atoms with van der Waals surface area (Å²) < 4.78 is 18.5. The average molecular weight is 262 g/mol. The number of hydrogen-bond donors (Lipinski definition) is 1. The van der Waals surface area contributed by atoms with Crippen molar-refractivity contribution in [3.8, 4) is 5.75 Å². The maximum atomic E-state index is 13.1. The van der Waals surface area contributed by atoms with Crippen LogP contribution in [-0.2, 0) is 6.61 Å². The van der Waals surface area contributed by atoms with Gasteiger partial charge >= 0.3 is 0 Å². The Kier molecular flexibility index (Phi) is 3.61. The normalized spacial score (nSPS) is 10.2. The second-order valence-electron chi connectivity index (χ2n) is 3.89. The molecule has 0 aliphatic rings. The van der Waals surface area contributed by atoms with Crippen molar-refractivity contribution in [2.45, 2.75) is 6.61 Å². The fourth-order valence-corrected chi connectivity index (χ4v) is 1.61. The van der Waals surface area contributed by atoms with Crippen LogP contribution < -0.4 is 10.5 Å². The highest BCUT2D eigenvalue weighted by Gasteiger charge is 2.14. The molecule has 0 spiro atoms. The van der Waals surface area contributed by atoms with Crippen molar-refractivity contribution in [1.82, 2.24) is 0 Å². The van der Waals surface area contributed by atoms with Gasteiger partial charge in [0.25, 0.3) is 5.69 Å². The molecule has 2 aromatic rings. The number of rotatable bonds is 4. The fraction of sp³-hybridized carbons (Fsp3) is 0.0769. The topological polar surface area (TPSA) is 78.4 Å². The predicted octanol–water partition coefficient (Wildman–Crippen LogP) is 2.90. The maximum absolute atomic E-state index is 13.1. The molecule has 0 unspecified atom stereocenters. The highest BCUT2D eigenvalue weighted by molar-refractivity contribution is 5.44. The van der Waals surface area contributed by atoms with Crippen LogP contribution in [0.4, 0.5) is 15.8 Å².